The Morgan fingerprint density at radius 2 is 2.29 bits per heavy atom. The highest BCUT2D eigenvalue weighted by Crippen LogP contribution is 2.30. The number of hydrogen-bond acceptors (Lipinski definition) is 4. The van der Waals surface area contributed by atoms with Crippen LogP contribution >= 0.6 is 11.6 Å². The SMILES string of the molecule is CC(C#N)CN(C)c1cc(Cl)ccc1[N+](=O)[O-]. The minimum Gasteiger partial charge on any atom is -0.368 e. The van der Waals surface area contributed by atoms with E-state index in [1.165, 1.54) is 18.2 Å². The van der Waals surface area contributed by atoms with Gasteiger partial charge in [0.25, 0.3) is 5.69 Å². The molecule has 0 heterocycles. The normalized spacial score (nSPS) is 11.6. The molecule has 0 N–H and O–H groups in total. The molecule has 90 valence electrons. The molecule has 1 atom stereocenters. The van der Waals surface area contributed by atoms with Crippen LogP contribution in [0.3, 0.4) is 0 Å². The lowest BCUT2D eigenvalue weighted by molar-refractivity contribution is -0.384. The van der Waals surface area contributed by atoms with Crippen molar-refractivity contribution in [3.63, 3.8) is 0 Å². The third-order valence-corrected chi connectivity index (χ3v) is 2.55. The second kappa shape index (κ2) is 5.51. The topological polar surface area (TPSA) is 70.2 Å². The molecule has 5 nitrogen and oxygen atoms in total. The number of nitriles is 1. The third kappa shape index (κ3) is 3.33. The molecule has 0 saturated carbocycles. The average Bonchev–Trinajstić information content (AvgIpc) is 2.28. The first-order valence-corrected chi connectivity index (χ1v) is 5.38. The molecule has 0 aromatic heterocycles. The van der Waals surface area contributed by atoms with Crippen molar-refractivity contribution in [2.24, 2.45) is 5.92 Å². The summed E-state index contributed by atoms with van der Waals surface area (Å²) in [6, 6.07) is 6.46. The number of hydrogen-bond donors (Lipinski definition) is 0. The molecule has 0 aliphatic carbocycles. The van der Waals surface area contributed by atoms with Crippen molar-refractivity contribution >= 4 is 23.0 Å². The molecule has 0 spiro atoms. The molecule has 17 heavy (non-hydrogen) atoms. The lowest BCUT2D eigenvalue weighted by Gasteiger charge is -2.20. The van der Waals surface area contributed by atoms with Crippen LogP contribution in [0.2, 0.25) is 5.02 Å². The van der Waals surface area contributed by atoms with E-state index in [2.05, 4.69) is 6.07 Å². The number of benzene rings is 1. The molecular formula is C11H12ClN3O2. The van der Waals surface area contributed by atoms with Gasteiger partial charge in [-0.2, -0.15) is 5.26 Å². The number of nitro groups is 1. The second-order valence-electron chi connectivity index (χ2n) is 3.80. The Morgan fingerprint density at radius 3 is 2.82 bits per heavy atom. The molecule has 0 saturated heterocycles. The summed E-state index contributed by atoms with van der Waals surface area (Å²) < 4.78 is 0. The summed E-state index contributed by atoms with van der Waals surface area (Å²) >= 11 is 5.82. The van der Waals surface area contributed by atoms with Gasteiger partial charge in [0.05, 0.1) is 16.9 Å². The van der Waals surface area contributed by atoms with Crippen molar-refractivity contribution in [3.8, 4) is 6.07 Å². The predicted octanol–water partition coefficient (Wildman–Crippen LogP) is 2.84. The second-order valence-corrected chi connectivity index (χ2v) is 4.24. The molecule has 0 bridgehead atoms. The van der Waals surface area contributed by atoms with Gasteiger partial charge in [-0.05, 0) is 19.1 Å². The summed E-state index contributed by atoms with van der Waals surface area (Å²) in [4.78, 5) is 12.1. The van der Waals surface area contributed by atoms with Gasteiger partial charge in [0.1, 0.15) is 5.69 Å². The maximum atomic E-state index is 10.9. The highest BCUT2D eigenvalue weighted by molar-refractivity contribution is 6.31. The minimum absolute atomic E-state index is 0.0120. The van der Waals surface area contributed by atoms with E-state index in [1.807, 2.05) is 0 Å². The van der Waals surface area contributed by atoms with Gasteiger partial charge in [-0.1, -0.05) is 11.6 Å². The molecule has 0 aliphatic rings. The fourth-order valence-corrected chi connectivity index (χ4v) is 1.67. The molecule has 0 fully saturated rings. The van der Waals surface area contributed by atoms with E-state index in [-0.39, 0.29) is 11.6 Å². The van der Waals surface area contributed by atoms with E-state index in [0.717, 1.165) is 0 Å². The van der Waals surface area contributed by atoms with Crippen molar-refractivity contribution in [1.29, 1.82) is 5.26 Å². The van der Waals surface area contributed by atoms with Crippen molar-refractivity contribution in [1.82, 2.24) is 0 Å². The van der Waals surface area contributed by atoms with Gasteiger partial charge in [-0.15, -0.1) is 0 Å². The number of nitrogens with zero attached hydrogens (tertiary/aromatic N) is 3. The van der Waals surface area contributed by atoms with Crippen LogP contribution in [0.4, 0.5) is 11.4 Å². The van der Waals surface area contributed by atoms with Gasteiger partial charge in [0.15, 0.2) is 0 Å². The van der Waals surface area contributed by atoms with E-state index < -0.39 is 4.92 Å². The zero-order chi connectivity index (χ0) is 13.0. The van der Waals surface area contributed by atoms with Crippen LogP contribution in [0.1, 0.15) is 6.92 Å². The van der Waals surface area contributed by atoms with E-state index in [1.54, 1.807) is 18.9 Å². The average molecular weight is 254 g/mol. The van der Waals surface area contributed by atoms with Crippen molar-refractivity contribution in [2.45, 2.75) is 6.92 Å². The largest absolute Gasteiger partial charge is 0.368 e. The summed E-state index contributed by atoms with van der Waals surface area (Å²) in [5.41, 5.74) is 0.409. The molecule has 0 aliphatic heterocycles. The molecule has 0 radical (unpaired) electrons. The van der Waals surface area contributed by atoms with Gasteiger partial charge in [-0.3, -0.25) is 10.1 Å². The highest BCUT2D eigenvalue weighted by Gasteiger charge is 2.18. The monoisotopic (exact) mass is 253 g/mol. The predicted molar refractivity (Wildman–Crippen MR) is 66.2 cm³/mol. The number of halogens is 1. The van der Waals surface area contributed by atoms with Crippen molar-refractivity contribution < 1.29 is 4.92 Å². The summed E-state index contributed by atoms with van der Waals surface area (Å²) in [6.45, 7) is 2.17. The summed E-state index contributed by atoms with van der Waals surface area (Å²) in [5.74, 6) is -0.210. The fourth-order valence-electron chi connectivity index (χ4n) is 1.51. The van der Waals surface area contributed by atoms with Crippen LogP contribution in [-0.4, -0.2) is 18.5 Å². The molecule has 1 unspecified atom stereocenters. The van der Waals surface area contributed by atoms with E-state index in [4.69, 9.17) is 16.9 Å². The van der Waals surface area contributed by atoms with E-state index >= 15 is 0 Å². The number of rotatable bonds is 4. The maximum absolute atomic E-state index is 10.9. The van der Waals surface area contributed by atoms with Gasteiger partial charge >= 0.3 is 0 Å². The first-order chi connectivity index (χ1) is 7.95. The summed E-state index contributed by atoms with van der Waals surface area (Å²) in [5, 5.41) is 20.0. The van der Waals surface area contributed by atoms with Crippen LogP contribution in [0.25, 0.3) is 0 Å². The Kier molecular flexibility index (Phi) is 4.30. The smallest absolute Gasteiger partial charge is 0.292 e. The Morgan fingerprint density at radius 1 is 1.65 bits per heavy atom. The maximum Gasteiger partial charge on any atom is 0.292 e. The van der Waals surface area contributed by atoms with Crippen molar-refractivity contribution in [3.05, 3.63) is 33.3 Å². The van der Waals surface area contributed by atoms with E-state index in [9.17, 15) is 10.1 Å². The van der Waals surface area contributed by atoms with Gasteiger partial charge in [0, 0.05) is 24.7 Å². The molecular weight excluding hydrogens is 242 g/mol. The minimum atomic E-state index is -0.459. The molecule has 1 rings (SSSR count). The van der Waals surface area contributed by atoms with Crippen LogP contribution in [0.5, 0.6) is 0 Å². The number of nitro benzene ring substituents is 1. The van der Waals surface area contributed by atoms with Gasteiger partial charge in [-0.25, -0.2) is 0 Å². The van der Waals surface area contributed by atoms with Crippen LogP contribution < -0.4 is 4.90 Å². The van der Waals surface area contributed by atoms with Crippen LogP contribution in [0.15, 0.2) is 18.2 Å². The molecule has 1 aromatic carbocycles. The zero-order valence-electron chi connectivity index (χ0n) is 9.55. The van der Waals surface area contributed by atoms with Crippen molar-refractivity contribution in [2.75, 3.05) is 18.5 Å². The first kappa shape index (κ1) is 13.3. The lowest BCUT2D eigenvalue weighted by atomic mass is 10.2. The standard InChI is InChI=1S/C11H12ClN3O2/c1-8(6-13)7-14(2)11-5-9(12)3-4-10(11)15(16)17/h3-5,8H,7H2,1-2H3. The lowest BCUT2D eigenvalue weighted by Crippen LogP contribution is -2.23. The Balaban J connectivity index is 3.07. The highest BCUT2D eigenvalue weighted by atomic mass is 35.5. The zero-order valence-corrected chi connectivity index (χ0v) is 10.3. The molecule has 0 amide bonds. The van der Waals surface area contributed by atoms with Gasteiger partial charge in [0.2, 0.25) is 0 Å². The fraction of sp³-hybridized carbons (Fsp3) is 0.364. The number of anilines is 1. The van der Waals surface area contributed by atoms with Crippen LogP contribution in [0, 0.1) is 27.4 Å². The summed E-state index contributed by atoms with van der Waals surface area (Å²) in [7, 11) is 1.70. The summed E-state index contributed by atoms with van der Waals surface area (Å²) in [6.07, 6.45) is 0. The van der Waals surface area contributed by atoms with E-state index in [0.29, 0.717) is 17.3 Å². The molecule has 1 aromatic rings. The first-order valence-electron chi connectivity index (χ1n) is 5.00. The third-order valence-electron chi connectivity index (χ3n) is 2.31. The Bertz CT molecular complexity index is 470. The van der Waals surface area contributed by atoms with Gasteiger partial charge < -0.3 is 4.90 Å². The van der Waals surface area contributed by atoms with Crippen LogP contribution in [-0.2, 0) is 0 Å². The quantitative estimate of drug-likeness (QED) is 0.611. The Hall–Kier alpha value is -1.80. The molecule has 6 heteroatoms. The Labute approximate surface area is 104 Å².